The van der Waals surface area contributed by atoms with Gasteiger partial charge in [0.05, 0.1) is 0 Å². The van der Waals surface area contributed by atoms with Gasteiger partial charge in [0.2, 0.25) is 10.5 Å². The number of piperidine rings is 1. The molecule has 0 bridgehead atoms. The molecule has 1 aliphatic rings. The van der Waals surface area contributed by atoms with Crippen LogP contribution in [-0.4, -0.2) is 27.7 Å². The van der Waals surface area contributed by atoms with Crippen LogP contribution < -0.4 is 5.32 Å². The van der Waals surface area contributed by atoms with Crippen LogP contribution in [0.4, 0.5) is 0 Å². The molecule has 12 heavy (non-hydrogen) atoms. The number of hydrogen-bond donors (Lipinski definition) is 1. The largest absolute Gasteiger partial charge is 0.416 e. The highest BCUT2D eigenvalue weighted by Gasteiger charge is 2.37. The lowest BCUT2D eigenvalue weighted by molar-refractivity contribution is 0.0618. The van der Waals surface area contributed by atoms with Gasteiger partial charge in [0.1, 0.15) is 0 Å². The average molecular weight is 184 g/mol. The average Bonchev–Trinajstić information content (AvgIpc) is 1.80. The smallest absolute Gasteiger partial charge is 0.246 e. The van der Waals surface area contributed by atoms with Gasteiger partial charge in [-0.15, -0.1) is 0 Å². The first-order chi connectivity index (χ1) is 5.35. The fourth-order valence-corrected chi connectivity index (χ4v) is 2.48. The molecule has 1 rings (SSSR count). The maximum absolute atomic E-state index is 5.23. The molecule has 3 heteroatoms. The summed E-state index contributed by atoms with van der Waals surface area (Å²) in [6.45, 7) is 8.86. The molecule has 69 valence electrons. The van der Waals surface area contributed by atoms with Gasteiger partial charge in [0, 0.05) is 17.2 Å². The van der Waals surface area contributed by atoms with Gasteiger partial charge in [-0.05, 0) is 40.5 Å². The molecule has 0 aromatic rings. The van der Waals surface area contributed by atoms with Gasteiger partial charge in [-0.3, -0.25) is 0 Å². The zero-order chi connectivity index (χ0) is 9.41. The standard InChI is InChI=1S/C9H18NOSi/c1-8(2)5-7(11-12)6-9(3,4)10-8/h7,10H,5-6H2,1-4H3. The van der Waals surface area contributed by atoms with Crippen molar-refractivity contribution in [3.63, 3.8) is 0 Å². The van der Waals surface area contributed by atoms with Crippen molar-refractivity contribution in [3.05, 3.63) is 0 Å². The second-order valence-electron chi connectivity index (χ2n) is 5.04. The van der Waals surface area contributed by atoms with Crippen LogP contribution in [0.5, 0.6) is 0 Å². The summed E-state index contributed by atoms with van der Waals surface area (Å²) in [5.41, 5.74) is 0.359. The molecule has 3 radical (unpaired) electrons. The third-order valence-corrected chi connectivity index (χ3v) is 2.65. The summed E-state index contributed by atoms with van der Waals surface area (Å²) in [5.74, 6) is 0. The van der Waals surface area contributed by atoms with Crippen LogP contribution >= 0.6 is 0 Å². The van der Waals surface area contributed by atoms with Crippen molar-refractivity contribution >= 4 is 10.5 Å². The maximum Gasteiger partial charge on any atom is 0.246 e. The van der Waals surface area contributed by atoms with Gasteiger partial charge in [-0.1, -0.05) is 0 Å². The predicted octanol–water partition coefficient (Wildman–Crippen LogP) is 1.40. The predicted molar refractivity (Wildman–Crippen MR) is 51.2 cm³/mol. The third kappa shape index (κ3) is 2.57. The fourth-order valence-electron chi connectivity index (χ4n) is 2.31. The lowest BCUT2D eigenvalue weighted by Gasteiger charge is -2.46. The van der Waals surface area contributed by atoms with E-state index in [4.69, 9.17) is 4.43 Å². The van der Waals surface area contributed by atoms with Crippen LogP contribution in [-0.2, 0) is 4.43 Å². The van der Waals surface area contributed by atoms with E-state index >= 15 is 0 Å². The van der Waals surface area contributed by atoms with Crippen molar-refractivity contribution in [3.8, 4) is 0 Å². The SMILES string of the molecule is CC1(C)CC(O[Si])CC(C)(C)N1. The second-order valence-corrected chi connectivity index (χ2v) is 5.28. The third-order valence-electron chi connectivity index (χ3n) is 2.32. The summed E-state index contributed by atoms with van der Waals surface area (Å²) in [4.78, 5) is 0. The van der Waals surface area contributed by atoms with E-state index in [0.717, 1.165) is 12.8 Å². The van der Waals surface area contributed by atoms with Gasteiger partial charge < -0.3 is 9.74 Å². The van der Waals surface area contributed by atoms with Crippen LogP contribution in [0.15, 0.2) is 0 Å². The Morgan fingerprint density at radius 2 is 1.58 bits per heavy atom. The molecule has 0 unspecified atom stereocenters. The minimum Gasteiger partial charge on any atom is -0.416 e. The molecular formula is C9H18NOSi. The van der Waals surface area contributed by atoms with E-state index < -0.39 is 0 Å². The van der Waals surface area contributed by atoms with Gasteiger partial charge in [-0.25, -0.2) is 0 Å². The maximum atomic E-state index is 5.23. The van der Waals surface area contributed by atoms with E-state index in [1.54, 1.807) is 0 Å². The van der Waals surface area contributed by atoms with Crippen LogP contribution in [0.3, 0.4) is 0 Å². The Bertz CT molecular complexity index is 152. The summed E-state index contributed by atoms with van der Waals surface area (Å²) in [6.07, 6.45) is 2.44. The Hall–Kier alpha value is 0.137. The molecule has 1 fully saturated rings. The van der Waals surface area contributed by atoms with Crippen molar-refractivity contribution in [2.24, 2.45) is 0 Å². The van der Waals surface area contributed by atoms with Crippen molar-refractivity contribution in [2.75, 3.05) is 0 Å². The van der Waals surface area contributed by atoms with Gasteiger partial charge in [0.15, 0.2) is 0 Å². The molecule has 0 aliphatic carbocycles. The fraction of sp³-hybridized carbons (Fsp3) is 1.00. The lowest BCUT2D eigenvalue weighted by atomic mass is 9.81. The molecule has 0 aromatic heterocycles. The molecule has 1 heterocycles. The molecule has 2 nitrogen and oxygen atoms in total. The lowest BCUT2D eigenvalue weighted by Crippen LogP contribution is -2.59. The van der Waals surface area contributed by atoms with Crippen molar-refractivity contribution in [2.45, 2.75) is 57.7 Å². The van der Waals surface area contributed by atoms with E-state index in [2.05, 4.69) is 43.5 Å². The van der Waals surface area contributed by atoms with Crippen molar-refractivity contribution in [1.29, 1.82) is 0 Å². The Labute approximate surface area is 78.6 Å². The number of hydrogen-bond acceptors (Lipinski definition) is 2. The van der Waals surface area contributed by atoms with Crippen molar-refractivity contribution < 1.29 is 4.43 Å². The molecule has 0 spiro atoms. The van der Waals surface area contributed by atoms with Gasteiger partial charge >= 0.3 is 0 Å². The summed E-state index contributed by atoms with van der Waals surface area (Å²) >= 11 is 0. The first kappa shape index (κ1) is 10.2. The number of rotatable bonds is 1. The van der Waals surface area contributed by atoms with E-state index in [0.29, 0.717) is 6.10 Å². The Kier molecular flexibility index (Phi) is 2.66. The highest BCUT2D eigenvalue weighted by molar-refractivity contribution is 5.98. The summed E-state index contributed by atoms with van der Waals surface area (Å²) in [7, 11) is 3.13. The number of nitrogens with one attached hydrogen (secondary N) is 1. The molecule has 1 N–H and O–H groups in total. The topological polar surface area (TPSA) is 21.3 Å². The van der Waals surface area contributed by atoms with E-state index in [9.17, 15) is 0 Å². The second kappa shape index (κ2) is 3.12. The molecule has 1 saturated heterocycles. The monoisotopic (exact) mass is 184 g/mol. The minimum absolute atomic E-state index is 0.180. The van der Waals surface area contributed by atoms with Crippen molar-refractivity contribution in [1.82, 2.24) is 5.32 Å². The highest BCUT2D eigenvalue weighted by atomic mass is 28.2. The molecule has 0 aromatic carbocycles. The first-order valence-electron chi connectivity index (χ1n) is 4.46. The summed E-state index contributed by atoms with van der Waals surface area (Å²) in [6, 6.07) is 0. The first-order valence-corrected chi connectivity index (χ1v) is 4.87. The molecule has 0 saturated carbocycles. The van der Waals surface area contributed by atoms with E-state index in [1.807, 2.05) is 0 Å². The Morgan fingerprint density at radius 3 is 1.92 bits per heavy atom. The molecular weight excluding hydrogens is 166 g/mol. The van der Waals surface area contributed by atoms with Gasteiger partial charge in [0.25, 0.3) is 0 Å². The Morgan fingerprint density at radius 1 is 1.17 bits per heavy atom. The quantitative estimate of drug-likeness (QED) is 0.622. The summed E-state index contributed by atoms with van der Waals surface area (Å²) < 4.78 is 5.23. The zero-order valence-electron chi connectivity index (χ0n) is 8.40. The highest BCUT2D eigenvalue weighted by Crippen LogP contribution is 2.29. The molecule has 0 amide bonds. The van der Waals surface area contributed by atoms with E-state index in [-0.39, 0.29) is 11.1 Å². The van der Waals surface area contributed by atoms with Gasteiger partial charge in [-0.2, -0.15) is 0 Å². The molecule has 0 atom stereocenters. The molecule has 1 aliphatic heterocycles. The van der Waals surface area contributed by atoms with Crippen LogP contribution in [0.1, 0.15) is 40.5 Å². The van der Waals surface area contributed by atoms with Crippen LogP contribution in [0, 0.1) is 0 Å². The van der Waals surface area contributed by atoms with Crippen LogP contribution in [0.2, 0.25) is 0 Å². The van der Waals surface area contributed by atoms with Crippen LogP contribution in [0.25, 0.3) is 0 Å². The summed E-state index contributed by atoms with van der Waals surface area (Å²) in [5, 5.41) is 3.59. The Balaban J connectivity index is 2.66. The van der Waals surface area contributed by atoms with E-state index in [1.165, 1.54) is 0 Å². The minimum atomic E-state index is 0.180. The normalized spacial score (nSPS) is 28.8. The zero-order valence-corrected chi connectivity index (χ0v) is 9.40.